The quantitative estimate of drug-likeness (QED) is 0.530. The van der Waals surface area contributed by atoms with Crippen molar-refractivity contribution in [2.45, 2.75) is 0 Å². The molecule has 3 aromatic rings. The van der Waals surface area contributed by atoms with Gasteiger partial charge in [-0.15, -0.1) is 0 Å². The lowest BCUT2D eigenvalue weighted by molar-refractivity contribution is 0.122. The molecular formula is C24H26N7O2-. The Labute approximate surface area is 192 Å². The summed E-state index contributed by atoms with van der Waals surface area (Å²) in [5, 5.41) is 4.72. The summed E-state index contributed by atoms with van der Waals surface area (Å²) in [6.07, 6.45) is 8.25. The van der Waals surface area contributed by atoms with Crippen LogP contribution in [0.4, 0.5) is 17.5 Å². The normalized spacial score (nSPS) is 14.5. The van der Waals surface area contributed by atoms with Crippen molar-refractivity contribution in [3.8, 4) is 17.0 Å². The van der Waals surface area contributed by atoms with E-state index < -0.39 is 0 Å². The zero-order chi connectivity index (χ0) is 23.0. The highest BCUT2D eigenvalue weighted by Crippen LogP contribution is 2.42. The van der Waals surface area contributed by atoms with Gasteiger partial charge in [-0.05, 0) is 53.6 Å². The third kappa shape index (κ3) is 5.21. The topological polar surface area (TPSA) is 127 Å². The summed E-state index contributed by atoms with van der Waals surface area (Å²) in [4.78, 5) is 15.7. The first kappa shape index (κ1) is 22.1. The van der Waals surface area contributed by atoms with Crippen LogP contribution >= 0.6 is 0 Å². The number of pyridine rings is 1. The molecule has 0 atom stereocenters. The average molecular weight is 445 g/mol. The molecule has 4 N–H and O–H groups in total. The maximum atomic E-state index is 6.22. The maximum Gasteiger partial charge on any atom is 0.144 e. The van der Waals surface area contributed by atoms with Gasteiger partial charge in [0.05, 0.1) is 20.3 Å². The molecule has 2 aromatic heterocycles. The molecule has 9 heteroatoms. The molecule has 0 radical (unpaired) electrons. The molecule has 170 valence electrons. The van der Waals surface area contributed by atoms with Crippen molar-refractivity contribution in [1.29, 1.82) is 0 Å². The van der Waals surface area contributed by atoms with Crippen LogP contribution in [0.25, 0.3) is 22.3 Å². The molecule has 4 rings (SSSR count). The molecule has 3 heterocycles. The molecule has 0 unspecified atom stereocenters. The van der Waals surface area contributed by atoms with Gasteiger partial charge < -0.3 is 36.1 Å². The van der Waals surface area contributed by atoms with Crippen LogP contribution in [-0.2, 0) is 4.74 Å². The zero-order valence-electron chi connectivity index (χ0n) is 18.4. The Bertz CT molecular complexity index is 1140. The third-order valence-electron chi connectivity index (χ3n) is 5.09. The van der Waals surface area contributed by atoms with E-state index in [9.17, 15) is 0 Å². The van der Waals surface area contributed by atoms with Gasteiger partial charge in [-0.2, -0.15) is 0 Å². The SMILES string of the molecule is COc1c([N-]c2ccncc2)nc(N2CCOCC2)nc1-c1cccc(/C(N)=C/C=C\N)c1. The van der Waals surface area contributed by atoms with Crippen molar-refractivity contribution in [2.24, 2.45) is 11.5 Å². The lowest BCUT2D eigenvalue weighted by Gasteiger charge is -2.32. The summed E-state index contributed by atoms with van der Waals surface area (Å²) in [6.45, 7) is 2.63. The van der Waals surface area contributed by atoms with E-state index >= 15 is 0 Å². The first-order valence-corrected chi connectivity index (χ1v) is 10.5. The third-order valence-corrected chi connectivity index (χ3v) is 5.09. The van der Waals surface area contributed by atoms with E-state index in [2.05, 4.69) is 9.88 Å². The summed E-state index contributed by atoms with van der Waals surface area (Å²) in [6, 6.07) is 11.4. The molecule has 33 heavy (non-hydrogen) atoms. The van der Waals surface area contributed by atoms with Crippen molar-refractivity contribution < 1.29 is 9.47 Å². The lowest BCUT2D eigenvalue weighted by Crippen LogP contribution is -2.37. The molecule has 0 saturated carbocycles. The van der Waals surface area contributed by atoms with Crippen molar-refractivity contribution in [1.82, 2.24) is 15.0 Å². The number of allylic oxidation sites excluding steroid dienone is 2. The largest absolute Gasteiger partial charge is 0.495 e. The van der Waals surface area contributed by atoms with Gasteiger partial charge in [0.2, 0.25) is 0 Å². The van der Waals surface area contributed by atoms with E-state index in [0.29, 0.717) is 55.2 Å². The second kappa shape index (κ2) is 10.5. The molecule has 1 aliphatic rings. The second-order valence-electron chi connectivity index (χ2n) is 7.23. The van der Waals surface area contributed by atoms with Gasteiger partial charge >= 0.3 is 0 Å². The fraction of sp³-hybridized carbons (Fsp3) is 0.208. The van der Waals surface area contributed by atoms with E-state index in [-0.39, 0.29) is 0 Å². The van der Waals surface area contributed by atoms with E-state index in [1.165, 1.54) is 6.20 Å². The molecule has 0 aliphatic carbocycles. The van der Waals surface area contributed by atoms with Gasteiger partial charge in [-0.25, -0.2) is 4.98 Å². The summed E-state index contributed by atoms with van der Waals surface area (Å²) in [5.74, 6) is 1.49. The van der Waals surface area contributed by atoms with E-state index in [0.717, 1.165) is 16.8 Å². The predicted molar refractivity (Wildman–Crippen MR) is 129 cm³/mol. The first-order chi connectivity index (χ1) is 16.2. The van der Waals surface area contributed by atoms with Crippen LogP contribution in [0.15, 0.2) is 67.1 Å². The highest BCUT2D eigenvalue weighted by atomic mass is 16.5. The highest BCUT2D eigenvalue weighted by molar-refractivity contribution is 5.81. The van der Waals surface area contributed by atoms with Crippen LogP contribution in [0.2, 0.25) is 0 Å². The van der Waals surface area contributed by atoms with Gasteiger partial charge in [0, 0.05) is 36.7 Å². The highest BCUT2D eigenvalue weighted by Gasteiger charge is 2.17. The van der Waals surface area contributed by atoms with Gasteiger partial charge in [-0.3, -0.25) is 4.98 Å². The fourth-order valence-corrected chi connectivity index (χ4v) is 3.43. The number of ether oxygens (including phenoxy) is 2. The molecule has 1 aliphatic heterocycles. The van der Waals surface area contributed by atoms with Crippen molar-refractivity contribution in [3.63, 3.8) is 0 Å². The number of methoxy groups -OCH3 is 1. The number of morpholine rings is 1. The van der Waals surface area contributed by atoms with Crippen molar-refractivity contribution in [3.05, 3.63) is 78.0 Å². The van der Waals surface area contributed by atoms with Crippen LogP contribution in [0.1, 0.15) is 5.56 Å². The van der Waals surface area contributed by atoms with Crippen molar-refractivity contribution >= 4 is 23.2 Å². The van der Waals surface area contributed by atoms with Gasteiger partial charge in [0.15, 0.2) is 0 Å². The number of aromatic nitrogens is 3. The molecule has 9 nitrogen and oxygen atoms in total. The molecule has 1 fully saturated rings. The fourth-order valence-electron chi connectivity index (χ4n) is 3.43. The molecule has 0 amide bonds. The monoisotopic (exact) mass is 444 g/mol. The van der Waals surface area contributed by atoms with E-state index in [1.54, 1.807) is 31.7 Å². The van der Waals surface area contributed by atoms with Crippen molar-refractivity contribution in [2.75, 3.05) is 38.3 Å². The Morgan fingerprint density at radius 2 is 1.94 bits per heavy atom. The summed E-state index contributed by atoms with van der Waals surface area (Å²) < 4.78 is 11.3. The number of nitrogens with two attached hydrogens (primary N) is 2. The molecule has 0 spiro atoms. The van der Waals surface area contributed by atoms with Gasteiger partial charge in [-0.1, -0.05) is 18.2 Å². The predicted octanol–water partition coefficient (Wildman–Crippen LogP) is 3.49. The average Bonchev–Trinajstić information content (AvgIpc) is 2.88. The number of hydrogen-bond acceptors (Lipinski definition) is 8. The molecule has 1 aromatic carbocycles. The first-order valence-electron chi connectivity index (χ1n) is 10.5. The number of rotatable bonds is 7. The van der Waals surface area contributed by atoms with Crippen LogP contribution in [-0.4, -0.2) is 48.4 Å². The minimum Gasteiger partial charge on any atom is -0.495 e. The van der Waals surface area contributed by atoms with E-state index in [4.69, 9.17) is 36.2 Å². The Hall–Kier alpha value is -4.11. The minimum absolute atomic E-state index is 0.440. The van der Waals surface area contributed by atoms with E-state index in [1.807, 2.05) is 36.4 Å². The Morgan fingerprint density at radius 3 is 2.67 bits per heavy atom. The summed E-state index contributed by atoms with van der Waals surface area (Å²) in [5.41, 5.74) is 15.3. The summed E-state index contributed by atoms with van der Waals surface area (Å²) >= 11 is 0. The Balaban J connectivity index is 1.83. The summed E-state index contributed by atoms with van der Waals surface area (Å²) in [7, 11) is 1.59. The smallest absolute Gasteiger partial charge is 0.144 e. The van der Waals surface area contributed by atoms with Crippen LogP contribution in [0, 0.1) is 0 Å². The zero-order valence-corrected chi connectivity index (χ0v) is 18.4. The second-order valence-corrected chi connectivity index (χ2v) is 7.23. The van der Waals surface area contributed by atoms with Gasteiger partial charge in [0.1, 0.15) is 17.4 Å². The Morgan fingerprint density at radius 1 is 1.15 bits per heavy atom. The van der Waals surface area contributed by atoms with Crippen LogP contribution in [0.5, 0.6) is 5.75 Å². The number of anilines is 1. The molecule has 1 saturated heterocycles. The number of hydrogen-bond donors (Lipinski definition) is 2. The molecule has 0 bridgehead atoms. The lowest BCUT2D eigenvalue weighted by atomic mass is 10.0. The van der Waals surface area contributed by atoms with Crippen LogP contribution < -0.4 is 21.1 Å². The Kier molecular flexibility index (Phi) is 7.01. The molecular weight excluding hydrogens is 418 g/mol. The standard InChI is InChI=1S/C24H26N7O2/c1-32-22-21(18-5-2-4-17(16-18)20(26)6-3-9-25)29-24(31-12-14-33-15-13-31)30-23(22)28-19-7-10-27-11-8-19/h2-11,16H,12-15,25-26H2,1H3/q-1/b9-3-,20-6-. The minimum atomic E-state index is 0.440. The number of benzene rings is 1. The maximum absolute atomic E-state index is 6.22. The number of nitrogens with zero attached hydrogens (tertiary/aromatic N) is 5. The van der Waals surface area contributed by atoms with Crippen LogP contribution in [0.3, 0.4) is 0 Å². The van der Waals surface area contributed by atoms with Gasteiger partial charge in [0.25, 0.3) is 0 Å².